The zero-order chi connectivity index (χ0) is 24.7. The van der Waals surface area contributed by atoms with Crippen LogP contribution in [-0.2, 0) is 0 Å². The highest BCUT2D eigenvalue weighted by molar-refractivity contribution is 8.15. The molecule has 1 aromatic heterocycles. The third-order valence-corrected chi connectivity index (χ3v) is 9.34. The Kier molecular flexibility index (Phi) is 4.53. The quantitative estimate of drug-likeness (QED) is 0.301. The number of ether oxygens (including phenoxy) is 2. The minimum absolute atomic E-state index is 0.0416. The van der Waals surface area contributed by atoms with E-state index in [9.17, 15) is 0 Å². The van der Waals surface area contributed by atoms with Crippen molar-refractivity contribution >= 4 is 39.9 Å². The summed E-state index contributed by atoms with van der Waals surface area (Å²) >= 11 is 1.82. The molecule has 6 heteroatoms. The van der Waals surface area contributed by atoms with Crippen LogP contribution < -0.4 is 25.9 Å². The Bertz CT molecular complexity index is 1510. The first kappa shape index (κ1) is 21.8. The lowest BCUT2D eigenvalue weighted by Crippen LogP contribution is -2.57. The van der Waals surface area contributed by atoms with Gasteiger partial charge in [0.1, 0.15) is 28.0 Å². The molecule has 0 radical (unpaired) electrons. The van der Waals surface area contributed by atoms with Crippen molar-refractivity contribution in [3.8, 4) is 34.3 Å². The first-order chi connectivity index (χ1) is 17.3. The molecule has 0 saturated carbocycles. The molecule has 36 heavy (non-hydrogen) atoms. The zero-order valence-corrected chi connectivity index (χ0v) is 21.5. The van der Waals surface area contributed by atoms with Gasteiger partial charge in [0, 0.05) is 27.5 Å². The van der Waals surface area contributed by atoms with Crippen molar-refractivity contribution in [1.29, 1.82) is 0 Å². The van der Waals surface area contributed by atoms with Crippen molar-refractivity contribution in [1.82, 2.24) is 4.98 Å². The van der Waals surface area contributed by atoms with Crippen molar-refractivity contribution in [2.24, 2.45) is 4.99 Å². The molecular weight excluding hydrogens is 463 g/mol. The second kappa shape index (κ2) is 7.50. The third kappa shape index (κ3) is 3.17. The van der Waals surface area contributed by atoms with Crippen LogP contribution in [0.1, 0.15) is 33.3 Å². The molecule has 0 amide bonds. The molecule has 0 spiro atoms. The first-order valence-corrected chi connectivity index (χ1v) is 13.1. The van der Waals surface area contributed by atoms with E-state index in [0.717, 1.165) is 61.3 Å². The Morgan fingerprint density at radius 2 is 1.33 bits per heavy atom. The van der Waals surface area contributed by atoms with Gasteiger partial charge in [0.2, 0.25) is 0 Å². The molecule has 0 N–H and O–H groups in total. The Balaban J connectivity index is 1.31. The molecule has 0 atom stereocenters. The third-order valence-electron chi connectivity index (χ3n) is 7.81. The van der Waals surface area contributed by atoms with E-state index >= 15 is 0 Å². The smallest absolute Gasteiger partial charge is 0.260 e. The van der Waals surface area contributed by atoms with Crippen LogP contribution >= 0.6 is 11.8 Å². The lowest BCUT2D eigenvalue weighted by molar-refractivity contribution is 0.426. The first-order valence-electron chi connectivity index (χ1n) is 12.3. The maximum absolute atomic E-state index is 6.42. The molecule has 3 aromatic carbocycles. The Labute approximate surface area is 215 Å². The van der Waals surface area contributed by atoms with E-state index < -0.39 is 0 Å². The van der Waals surface area contributed by atoms with Crippen molar-refractivity contribution in [3.05, 3.63) is 84.6 Å². The summed E-state index contributed by atoms with van der Waals surface area (Å²) in [6.45, 7) is 8.96. The molecule has 3 aliphatic heterocycles. The molecule has 0 aliphatic carbocycles. The van der Waals surface area contributed by atoms with Crippen LogP contribution in [0.4, 0.5) is 0 Å². The van der Waals surface area contributed by atoms with E-state index in [2.05, 4.69) is 76.2 Å². The van der Waals surface area contributed by atoms with Crippen LogP contribution in [0.5, 0.6) is 23.0 Å². The predicted molar refractivity (Wildman–Crippen MR) is 150 cm³/mol. The minimum Gasteiger partial charge on any atom is -0.458 e. The second-order valence-corrected chi connectivity index (χ2v) is 12.2. The van der Waals surface area contributed by atoms with Gasteiger partial charge in [0.25, 0.3) is 6.71 Å². The summed E-state index contributed by atoms with van der Waals surface area (Å²) in [5.74, 6) is 3.43. The molecule has 0 unspecified atom stereocenters. The molecule has 7 rings (SSSR count). The van der Waals surface area contributed by atoms with Gasteiger partial charge in [-0.15, -0.1) is 0 Å². The van der Waals surface area contributed by atoms with Gasteiger partial charge >= 0.3 is 0 Å². The number of aromatic nitrogens is 1. The molecule has 4 aromatic rings. The van der Waals surface area contributed by atoms with Crippen LogP contribution in [0.25, 0.3) is 11.3 Å². The Morgan fingerprint density at radius 3 is 1.86 bits per heavy atom. The number of fused-ring (bicyclic) bond motifs is 4. The molecule has 3 aliphatic rings. The van der Waals surface area contributed by atoms with Crippen molar-refractivity contribution < 1.29 is 9.47 Å². The largest absolute Gasteiger partial charge is 0.458 e. The number of hydrogen-bond acceptors (Lipinski definition) is 5. The van der Waals surface area contributed by atoms with E-state index in [1.165, 1.54) is 0 Å². The number of aliphatic imine (C=N–C) groups is 1. The van der Waals surface area contributed by atoms with E-state index in [4.69, 9.17) is 19.5 Å². The van der Waals surface area contributed by atoms with Gasteiger partial charge in [-0.05, 0) is 75.0 Å². The molecule has 176 valence electrons. The van der Waals surface area contributed by atoms with E-state index in [0.29, 0.717) is 0 Å². The number of thioether (sulfide) groups is 1. The monoisotopic (exact) mass is 488 g/mol. The van der Waals surface area contributed by atoms with E-state index in [-0.39, 0.29) is 17.0 Å². The highest BCUT2D eigenvalue weighted by Gasteiger charge is 2.44. The summed E-state index contributed by atoms with van der Waals surface area (Å²) in [5.41, 5.74) is 6.18. The van der Waals surface area contributed by atoms with Gasteiger partial charge < -0.3 is 9.47 Å². The number of benzene rings is 3. The lowest BCUT2D eigenvalue weighted by Gasteiger charge is -2.33. The SMILES string of the molecule is CC1(C)N=C(c2ccc(-c3cc4c5c(c3)Oc3ccccc3B5c3ccccc3O4)nc2)SC1(C)C. The lowest BCUT2D eigenvalue weighted by atomic mass is 9.35. The minimum atomic E-state index is -0.120. The maximum atomic E-state index is 6.42. The maximum Gasteiger partial charge on any atom is 0.260 e. The summed E-state index contributed by atoms with van der Waals surface area (Å²) in [6, 6.07) is 24.9. The normalized spacial score (nSPS) is 17.8. The van der Waals surface area contributed by atoms with Gasteiger partial charge in [0.15, 0.2) is 0 Å². The summed E-state index contributed by atoms with van der Waals surface area (Å²) in [7, 11) is 0. The van der Waals surface area contributed by atoms with Crippen LogP contribution in [0.3, 0.4) is 0 Å². The molecule has 0 fully saturated rings. The van der Waals surface area contributed by atoms with Crippen LogP contribution in [0, 0.1) is 0 Å². The molecular formula is C30H25BN2O2S. The average Bonchev–Trinajstić information content (AvgIpc) is 3.10. The summed E-state index contributed by atoms with van der Waals surface area (Å²) in [5, 5.41) is 1.05. The highest BCUT2D eigenvalue weighted by atomic mass is 32.2. The van der Waals surface area contributed by atoms with Crippen molar-refractivity contribution in [3.63, 3.8) is 0 Å². The molecule has 0 saturated heterocycles. The number of nitrogens with zero attached hydrogens (tertiary/aromatic N) is 2. The predicted octanol–water partition coefficient (Wildman–Crippen LogP) is 5.53. The number of hydrogen-bond donors (Lipinski definition) is 0. The zero-order valence-electron chi connectivity index (χ0n) is 20.7. The Morgan fingerprint density at radius 1 is 0.722 bits per heavy atom. The summed E-state index contributed by atoms with van der Waals surface area (Å²) in [4.78, 5) is 9.82. The average molecular weight is 488 g/mol. The number of rotatable bonds is 2. The fraction of sp³-hybridized carbons (Fsp3) is 0.200. The van der Waals surface area contributed by atoms with Crippen molar-refractivity contribution in [2.45, 2.75) is 38.0 Å². The topological polar surface area (TPSA) is 43.7 Å². The second-order valence-electron chi connectivity index (χ2n) is 10.6. The van der Waals surface area contributed by atoms with Crippen LogP contribution in [0.15, 0.2) is 84.0 Å². The fourth-order valence-electron chi connectivity index (χ4n) is 5.13. The number of pyridine rings is 1. The van der Waals surface area contributed by atoms with Crippen LogP contribution in [0.2, 0.25) is 0 Å². The fourth-order valence-corrected chi connectivity index (χ4v) is 6.43. The molecule has 0 bridgehead atoms. The van der Waals surface area contributed by atoms with E-state index in [1.54, 1.807) is 0 Å². The summed E-state index contributed by atoms with van der Waals surface area (Å²) in [6.07, 6.45) is 1.93. The van der Waals surface area contributed by atoms with Gasteiger partial charge in [-0.3, -0.25) is 9.98 Å². The van der Waals surface area contributed by atoms with Gasteiger partial charge in [0.05, 0.1) is 11.2 Å². The van der Waals surface area contributed by atoms with Crippen molar-refractivity contribution in [2.75, 3.05) is 0 Å². The summed E-state index contributed by atoms with van der Waals surface area (Å²) < 4.78 is 12.9. The Hall–Kier alpha value is -3.51. The molecule has 4 heterocycles. The standard InChI is InChI=1S/C30H25BN2O2S/c1-29(2)30(3,4)36-28(33-29)18-13-14-22(32-17-18)19-15-25-27-26(16-19)35-24-12-8-6-10-21(24)31(27)20-9-5-7-11-23(20)34-25/h5-17H,1-4H3. The highest BCUT2D eigenvalue weighted by Crippen LogP contribution is 2.46. The van der Waals surface area contributed by atoms with Gasteiger partial charge in [-0.2, -0.15) is 0 Å². The molecule has 4 nitrogen and oxygen atoms in total. The van der Waals surface area contributed by atoms with Gasteiger partial charge in [-0.1, -0.05) is 48.2 Å². The number of para-hydroxylation sites is 2. The van der Waals surface area contributed by atoms with Crippen LogP contribution in [-0.4, -0.2) is 27.0 Å². The van der Waals surface area contributed by atoms with E-state index in [1.807, 2.05) is 42.2 Å². The van der Waals surface area contributed by atoms with Gasteiger partial charge in [-0.25, -0.2) is 0 Å².